The van der Waals surface area contributed by atoms with Crippen molar-refractivity contribution >= 4 is 59.9 Å². The molecule has 0 unspecified atom stereocenters. The maximum Gasteiger partial charge on any atom is 0.0622 e. The molecule has 0 radical (unpaired) electrons. The predicted octanol–water partition coefficient (Wildman–Crippen LogP) is 11.3. The molecule has 0 aliphatic heterocycles. The maximum atomic E-state index is 2.47. The minimum atomic E-state index is 1.19. The molecule has 0 bridgehead atoms. The number of nitrogens with zero attached hydrogens (tertiary/aromatic N) is 2. The zero-order valence-corrected chi connectivity index (χ0v) is 23.9. The van der Waals surface area contributed by atoms with Gasteiger partial charge in [0.05, 0.1) is 27.6 Å². The standard InChI is InChI=1S/C42H26N2/c1-3-11-27(12-4-1)29-19-21-40-34(23-29)35-24-30(28-13-5-2-6-14-28)20-22-41(35)43(40)31-25-36-32-15-7-9-17-38(32)44-39-18-10-8-16-33(39)37(26-31)42(36)44/h1-26H. The molecule has 0 saturated carbocycles. The average molecular weight is 559 g/mol. The van der Waals surface area contributed by atoms with E-state index in [9.17, 15) is 0 Å². The fraction of sp³-hybridized carbons (Fsp3) is 0. The van der Waals surface area contributed by atoms with Gasteiger partial charge in [0.1, 0.15) is 0 Å². The summed E-state index contributed by atoms with van der Waals surface area (Å²) >= 11 is 0. The first-order chi connectivity index (χ1) is 21.8. The van der Waals surface area contributed by atoms with Gasteiger partial charge in [0, 0.05) is 38.0 Å². The largest absolute Gasteiger partial charge is 0.309 e. The van der Waals surface area contributed by atoms with Gasteiger partial charge in [-0.1, -0.05) is 109 Å². The Morgan fingerprint density at radius 3 is 1.25 bits per heavy atom. The number of hydrogen-bond acceptors (Lipinski definition) is 0. The molecule has 0 saturated heterocycles. The monoisotopic (exact) mass is 558 g/mol. The van der Waals surface area contributed by atoms with E-state index in [2.05, 4.69) is 167 Å². The SMILES string of the molecule is c1ccc(-c2ccc3c(c2)c2cc(-c4ccccc4)ccc2n3-c2cc3c4ccccc4n4c5ccccc5c(c2)c34)cc1. The third-order valence-corrected chi connectivity index (χ3v) is 9.43. The van der Waals surface area contributed by atoms with Crippen molar-refractivity contribution in [3.05, 3.63) is 158 Å². The van der Waals surface area contributed by atoms with E-state index in [1.54, 1.807) is 0 Å². The van der Waals surface area contributed by atoms with Crippen LogP contribution in [0.5, 0.6) is 0 Å². The number of hydrogen-bond donors (Lipinski definition) is 0. The van der Waals surface area contributed by atoms with Crippen LogP contribution < -0.4 is 0 Å². The molecule has 3 heterocycles. The first kappa shape index (κ1) is 23.7. The van der Waals surface area contributed by atoms with E-state index in [0.717, 1.165) is 0 Å². The molecule has 7 aromatic carbocycles. The quantitative estimate of drug-likeness (QED) is 0.204. The van der Waals surface area contributed by atoms with E-state index in [1.807, 2.05) is 0 Å². The van der Waals surface area contributed by atoms with Crippen LogP contribution in [0, 0.1) is 0 Å². The Kier molecular flexibility index (Phi) is 4.75. The van der Waals surface area contributed by atoms with Crippen molar-refractivity contribution in [1.29, 1.82) is 0 Å². The fourth-order valence-corrected chi connectivity index (χ4v) is 7.49. The summed E-state index contributed by atoms with van der Waals surface area (Å²) in [4.78, 5) is 0. The molecule has 0 amide bonds. The molecule has 0 N–H and O–H groups in total. The molecule has 2 heteroatoms. The third kappa shape index (κ3) is 3.20. The van der Waals surface area contributed by atoms with Gasteiger partial charge < -0.3 is 8.97 Å². The zero-order valence-electron chi connectivity index (χ0n) is 23.9. The molecule has 0 aliphatic carbocycles. The Balaban J connectivity index is 1.33. The second-order valence-electron chi connectivity index (χ2n) is 11.8. The van der Waals surface area contributed by atoms with Gasteiger partial charge in [-0.3, -0.25) is 0 Å². The van der Waals surface area contributed by atoms with Crippen LogP contribution in [0.3, 0.4) is 0 Å². The van der Waals surface area contributed by atoms with Crippen LogP contribution in [0.4, 0.5) is 0 Å². The van der Waals surface area contributed by atoms with E-state index >= 15 is 0 Å². The second-order valence-corrected chi connectivity index (χ2v) is 11.8. The summed E-state index contributed by atoms with van der Waals surface area (Å²) in [6.07, 6.45) is 0. The van der Waals surface area contributed by atoms with Crippen molar-refractivity contribution in [3.8, 4) is 27.9 Å². The molecule has 2 nitrogen and oxygen atoms in total. The smallest absolute Gasteiger partial charge is 0.0622 e. The minimum Gasteiger partial charge on any atom is -0.309 e. The average Bonchev–Trinajstić information content (AvgIpc) is 3.73. The highest BCUT2D eigenvalue weighted by Crippen LogP contribution is 2.43. The predicted molar refractivity (Wildman–Crippen MR) is 186 cm³/mol. The van der Waals surface area contributed by atoms with E-state index in [-0.39, 0.29) is 0 Å². The van der Waals surface area contributed by atoms with Crippen LogP contribution in [0.1, 0.15) is 0 Å². The summed E-state index contributed by atoms with van der Waals surface area (Å²) in [7, 11) is 0. The molecule has 10 aromatic rings. The molecule has 0 fully saturated rings. The van der Waals surface area contributed by atoms with Crippen LogP contribution in [0.15, 0.2) is 158 Å². The summed E-state index contributed by atoms with van der Waals surface area (Å²) < 4.78 is 4.92. The Hall–Kier alpha value is -5.86. The van der Waals surface area contributed by atoms with Gasteiger partial charge >= 0.3 is 0 Å². The summed E-state index contributed by atoms with van der Waals surface area (Å²) in [6.45, 7) is 0. The second kappa shape index (κ2) is 8.82. The lowest BCUT2D eigenvalue weighted by molar-refractivity contribution is 1.19. The lowest BCUT2D eigenvalue weighted by Gasteiger charge is -2.10. The molecule has 204 valence electrons. The Morgan fingerprint density at radius 1 is 0.295 bits per heavy atom. The summed E-state index contributed by atoms with van der Waals surface area (Å²) in [5.41, 5.74) is 12.4. The van der Waals surface area contributed by atoms with Gasteiger partial charge in [-0.2, -0.15) is 0 Å². The van der Waals surface area contributed by atoms with Crippen LogP contribution in [0.25, 0.3) is 87.8 Å². The van der Waals surface area contributed by atoms with Crippen molar-refractivity contribution in [2.75, 3.05) is 0 Å². The Labute approximate surface area is 254 Å². The molecular formula is C42H26N2. The fourth-order valence-electron chi connectivity index (χ4n) is 7.49. The highest BCUT2D eigenvalue weighted by molar-refractivity contribution is 6.24. The third-order valence-electron chi connectivity index (χ3n) is 9.43. The number of para-hydroxylation sites is 2. The molecule has 10 rings (SSSR count). The number of rotatable bonds is 3. The molecule has 44 heavy (non-hydrogen) atoms. The lowest BCUT2D eigenvalue weighted by Crippen LogP contribution is -1.94. The van der Waals surface area contributed by atoms with Gasteiger partial charge in [0.25, 0.3) is 0 Å². The van der Waals surface area contributed by atoms with Crippen LogP contribution in [-0.2, 0) is 0 Å². The van der Waals surface area contributed by atoms with Crippen LogP contribution in [0.2, 0.25) is 0 Å². The zero-order chi connectivity index (χ0) is 28.8. The van der Waals surface area contributed by atoms with Gasteiger partial charge in [0.15, 0.2) is 0 Å². The number of aromatic nitrogens is 2. The first-order valence-electron chi connectivity index (χ1n) is 15.2. The van der Waals surface area contributed by atoms with Gasteiger partial charge in [-0.15, -0.1) is 0 Å². The van der Waals surface area contributed by atoms with E-state index in [4.69, 9.17) is 0 Å². The van der Waals surface area contributed by atoms with Gasteiger partial charge in [-0.05, 0) is 70.8 Å². The molecule has 0 atom stereocenters. The highest BCUT2D eigenvalue weighted by atomic mass is 15.0. The normalized spacial score (nSPS) is 12.1. The van der Waals surface area contributed by atoms with Crippen molar-refractivity contribution in [1.82, 2.24) is 8.97 Å². The lowest BCUT2D eigenvalue weighted by atomic mass is 10.0. The number of fused-ring (bicyclic) bond motifs is 9. The molecule has 0 aliphatic rings. The van der Waals surface area contributed by atoms with Crippen molar-refractivity contribution in [2.24, 2.45) is 0 Å². The van der Waals surface area contributed by atoms with Crippen molar-refractivity contribution in [2.45, 2.75) is 0 Å². The highest BCUT2D eigenvalue weighted by Gasteiger charge is 2.21. The van der Waals surface area contributed by atoms with E-state index < -0.39 is 0 Å². The first-order valence-corrected chi connectivity index (χ1v) is 15.2. The van der Waals surface area contributed by atoms with Crippen LogP contribution >= 0.6 is 0 Å². The Bertz CT molecular complexity index is 2510. The van der Waals surface area contributed by atoms with Gasteiger partial charge in [-0.25, -0.2) is 0 Å². The molecular weight excluding hydrogens is 532 g/mol. The number of benzene rings is 7. The maximum absolute atomic E-state index is 2.47. The summed E-state index contributed by atoms with van der Waals surface area (Å²) in [5.74, 6) is 0. The van der Waals surface area contributed by atoms with Crippen molar-refractivity contribution in [3.63, 3.8) is 0 Å². The molecule has 0 spiro atoms. The summed E-state index contributed by atoms with van der Waals surface area (Å²) in [6, 6.07) is 57.7. The Morgan fingerprint density at radius 2 is 0.750 bits per heavy atom. The topological polar surface area (TPSA) is 9.34 Å². The molecule has 3 aromatic heterocycles. The van der Waals surface area contributed by atoms with Gasteiger partial charge in [0.2, 0.25) is 0 Å². The minimum absolute atomic E-state index is 1.19. The van der Waals surface area contributed by atoms with Crippen molar-refractivity contribution < 1.29 is 0 Å². The van der Waals surface area contributed by atoms with E-state index in [1.165, 1.54) is 87.8 Å². The van der Waals surface area contributed by atoms with Crippen LogP contribution in [-0.4, -0.2) is 8.97 Å². The van der Waals surface area contributed by atoms with E-state index in [0.29, 0.717) is 0 Å². The summed E-state index contributed by atoms with van der Waals surface area (Å²) in [5, 5.41) is 7.69.